The molecular formula is C13H28N2O4. The largest absolute Gasteiger partial charge is 0.444 e. The zero-order chi connectivity index (χ0) is 14.7. The van der Waals surface area contributed by atoms with E-state index in [4.69, 9.17) is 14.2 Å². The molecule has 114 valence electrons. The second-order valence-corrected chi connectivity index (χ2v) is 5.30. The Kier molecular flexibility index (Phi) is 9.55. The molecule has 19 heavy (non-hydrogen) atoms. The number of rotatable bonds is 9. The fraction of sp³-hybridized carbons (Fsp3) is 0.923. The van der Waals surface area contributed by atoms with E-state index in [1.807, 2.05) is 20.8 Å². The summed E-state index contributed by atoms with van der Waals surface area (Å²) in [6, 6.07) is 0. The van der Waals surface area contributed by atoms with E-state index in [1.165, 1.54) is 0 Å². The van der Waals surface area contributed by atoms with E-state index >= 15 is 0 Å². The molecule has 0 heterocycles. The van der Waals surface area contributed by atoms with Crippen LogP contribution in [0.3, 0.4) is 0 Å². The minimum Gasteiger partial charge on any atom is -0.444 e. The van der Waals surface area contributed by atoms with Gasteiger partial charge in [-0.2, -0.15) is 0 Å². The predicted octanol–water partition coefficient (Wildman–Crippen LogP) is 1.15. The van der Waals surface area contributed by atoms with Gasteiger partial charge in [0.05, 0.1) is 12.7 Å². The number of carbonyl (C=O) groups excluding carboxylic acids is 1. The average molecular weight is 276 g/mol. The molecule has 6 nitrogen and oxygen atoms in total. The van der Waals surface area contributed by atoms with Crippen LogP contribution in [0.4, 0.5) is 4.79 Å². The van der Waals surface area contributed by atoms with Gasteiger partial charge in [0.1, 0.15) is 5.60 Å². The van der Waals surface area contributed by atoms with Crippen molar-refractivity contribution in [2.24, 2.45) is 0 Å². The van der Waals surface area contributed by atoms with Gasteiger partial charge < -0.3 is 24.8 Å². The van der Waals surface area contributed by atoms with Crippen LogP contribution in [-0.2, 0) is 14.2 Å². The lowest BCUT2D eigenvalue weighted by atomic mass is 10.2. The Bertz CT molecular complexity index is 241. The van der Waals surface area contributed by atoms with Crippen LogP contribution in [0.1, 0.15) is 27.2 Å². The molecule has 2 N–H and O–H groups in total. The van der Waals surface area contributed by atoms with E-state index in [0.717, 1.165) is 19.5 Å². The topological polar surface area (TPSA) is 68.8 Å². The summed E-state index contributed by atoms with van der Waals surface area (Å²) in [5, 5.41) is 5.96. The van der Waals surface area contributed by atoms with Crippen molar-refractivity contribution in [2.45, 2.75) is 38.9 Å². The molecule has 0 aromatic rings. The van der Waals surface area contributed by atoms with Gasteiger partial charge in [0.2, 0.25) is 0 Å². The number of amides is 1. The summed E-state index contributed by atoms with van der Waals surface area (Å²) in [4.78, 5) is 11.3. The van der Waals surface area contributed by atoms with Crippen molar-refractivity contribution in [2.75, 3.05) is 40.5 Å². The Morgan fingerprint density at radius 2 is 1.89 bits per heavy atom. The van der Waals surface area contributed by atoms with Crippen molar-refractivity contribution < 1.29 is 19.0 Å². The van der Waals surface area contributed by atoms with E-state index in [0.29, 0.717) is 13.2 Å². The van der Waals surface area contributed by atoms with E-state index in [2.05, 4.69) is 10.6 Å². The first kappa shape index (κ1) is 18.1. The number of hydrogen-bond acceptors (Lipinski definition) is 5. The number of methoxy groups -OCH3 is 2. The Labute approximate surface area is 116 Å². The van der Waals surface area contributed by atoms with Gasteiger partial charge in [-0.1, -0.05) is 0 Å². The summed E-state index contributed by atoms with van der Waals surface area (Å²) in [5.41, 5.74) is -0.450. The summed E-state index contributed by atoms with van der Waals surface area (Å²) in [6.07, 6.45) is 0.522. The zero-order valence-electron chi connectivity index (χ0n) is 12.7. The van der Waals surface area contributed by atoms with Crippen molar-refractivity contribution in [1.29, 1.82) is 0 Å². The summed E-state index contributed by atoms with van der Waals surface area (Å²) in [7, 11) is 3.31. The molecule has 0 spiro atoms. The van der Waals surface area contributed by atoms with Crippen molar-refractivity contribution in [1.82, 2.24) is 10.6 Å². The molecule has 0 aliphatic heterocycles. The van der Waals surface area contributed by atoms with Gasteiger partial charge in [-0.05, 0) is 33.7 Å². The standard InChI is InChI=1S/C13H28N2O4/c1-13(2,3)19-12(16)15-8-6-7-14-9-11(18-5)10-17-4/h11,14H,6-10H2,1-5H3,(H,15,16). The molecule has 6 heteroatoms. The first-order chi connectivity index (χ1) is 8.89. The minimum absolute atomic E-state index is 0.0591. The molecule has 1 amide bonds. The maximum atomic E-state index is 11.3. The molecule has 0 radical (unpaired) electrons. The Balaban J connectivity index is 3.47. The van der Waals surface area contributed by atoms with Crippen molar-refractivity contribution in [3.63, 3.8) is 0 Å². The third kappa shape index (κ3) is 11.9. The van der Waals surface area contributed by atoms with Crippen LogP contribution in [0.15, 0.2) is 0 Å². The van der Waals surface area contributed by atoms with Crippen LogP contribution in [0.25, 0.3) is 0 Å². The van der Waals surface area contributed by atoms with Gasteiger partial charge in [0, 0.05) is 27.3 Å². The number of ether oxygens (including phenoxy) is 3. The molecule has 0 saturated heterocycles. The highest BCUT2D eigenvalue weighted by Crippen LogP contribution is 2.06. The maximum absolute atomic E-state index is 11.3. The smallest absolute Gasteiger partial charge is 0.407 e. The first-order valence-electron chi connectivity index (χ1n) is 6.58. The van der Waals surface area contributed by atoms with Crippen LogP contribution >= 0.6 is 0 Å². The van der Waals surface area contributed by atoms with E-state index < -0.39 is 5.60 Å². The Morgan fingerprint density at radius 1 is 1.21 bits per heavy atom. The summed E-state index contributed by atoms with van der Waals surface area (Å²) < 4.78 is 15.4. The summed E-state index contributed by atoms with van der Waals surface area (Å²) >= 11 is 0. The molecule has 0 aromatic carbocycles. The van der Waals surface area contributed by atoms with Crippen LogP contribution in [0, 0.1) is 0 Å². The molecule has 0 bridgehead atoms. The number of alkyl carbamates (subject to hydrolysis) is 1. The first-order valence-corrected chi connectivity index (χ1v) is 6.58. The van der Waals surface area contributed by atoms with Gasteiger partial charge in [-0.3, -0.25) is 0 Å². The predicted molar refractivity (Wildman–Crippen MR) is 74.4 cm³/mol. The lowest BCUT2D eigenvalue weighted by Gasteiger charge is -2.19. The SMILES string of the molecule is COCC(CNCCCNC(=O)OC(C)(C)C)OC. The summed E-state index contributed by atoms with van der Waals surface area (Å²) in [5.74, 6) is 0. The van der Waals surface area contributed by atoms with E-state index in [1.54, 1.807) is 14.2 Å². The molecule has 0 rings (SSSR count). The normalized spacial score (nSPS) is 13.1. The molecule has 0 fully saturated rings. The zero-order valence-corrected chi connectivity index (χ0v) is 12.7. The van der Waals surface area contributed by atoms with Crippen LogP contribution in [0.2, 0.25) is 0 Å². The number of carbonyl (C=O) groups is 1. The summed E-state index contributed by atoms with van der Waals surface area (Å²) in [6.45, 7) is 8.22. The molecule has 0 aliphatic carbocycles. The third-order valence-electron chi connectivity index (χ3n) is 2.26. The fourth-order valence-electron chi connectivity index (χ4n) is 1.38. The second-order valence-electron chi connectivity index (χ2n) is 5.30. The van der Waals surface area contributed by atoms with E-state index in [-0.39, 0.29) is 12.2 Å². The average Bonchev–Trinajstić information content (AvgIpc) is 2.29. The van der Waals surface area contributed by atoms with Gasteiger partial charge in [-0.15, -0.1) is 0 Å². The monoisotopic (exact) mass is 276 g/mol. The van der Waals surface area contributed by atoms with Gasteiger partial charge >= 0.3 is 6.09 Å². The Hall–Kier alpha value is -0.850. The Morgan fingerprint density at radius 3 is 2.42 bits per heavy atom. The molecular weight excluding hydrogens is 248 g/mol. The molecule has 1 unspecified atom stereocenters. The van der Waals surface area contributed by atoms with Gasteiger partial charge in [-0.25, -0.2) is 4.79 Å². The molecule has 1 atom stereocenters. The van der Waals surface area contributed by atoms with Gasteiger partial charge in [0.25, 0.3) is 0 Å². The highest BCUT2D eigenvalue weighted by atomic mass is 16.6. The highest BCUT2D eigenvalue weighted by molar-refractivity contribution is 5.67. The van der Waals surface area contributed by atoms with Crippen molar-refractivity contribution in [3.8, 4) is 0 Å². The quantitative estimate of drug-likeness (QED) is 0.618. The number of nitrogens with one attached hydrogen (secondary N) is 2. The molecule has 0 aliphatic rings. The fourth-order valence-corrected chi connectivity index (χ4v) is 1.38. The number of hydrogen-bond donors (Lipinski definition) is 2. The maximum Gasteiger partial charge on any atom is 0.407 e. The highest BCUT2D eigenvalue weighted by Gasteiger charge is 2.15. The second kappa shape index (κ2) is 10.00. The molecule has 0 saturated carbocycles. The lowest BCUT2D eigenvalue weighted by Crippen LogP contribution is -2.35. The molecule has 0 aromatic heterocycles. The van der Waals surface area contributed by atoms with Crippen LogP contribution in [-0.4, -0.2) is 58.3 Å². The van der Waals surface area contributed by atoms with Crippen molar-refractivity contribution in [3.05, 3.63) is 0 Å². The van der Waals surface area contributed by atoms with Gasteiger partial charge in [0.15, 0.2) is 0 Å². The minimum atomic E-state index is -0.450. The third-order valence-corrected chi connectivity index (χ3v) is 2.26. The van der Waals surface area contributed by atoms with Crippen LogP contribution in [0.5, 0.6) is 0 Å². The van der Waals surface area contributed by atoms with E-state index in [9.17, 15) is 4.79 Å². The van der Waals surface area contributed by atoms with Crippen molar-refractivity contribution >= 4 is 6.09 Å². The lowest BCUT2D eigenvalue weighted by molar-refractivity contribution is 0.0290. The van der Waals surface area contributed by atoms with Crippen LogP contribution < -0.4 is 10.6 Å².